The van der Waals surface area contributed by atoms with E-state index in [2.05, 4.69) is 5.32 Å². The number of ether oxygens (including phenoxy) is 2. The topological polar surface area (TPSA) is 47.6 Å². The van der Waals surface area contributed by atoms with Crippen molar-refractivity contribution in [1.29, 1.82) is 0 Å². The quantitative estimate of drug-likeness (QED) is 0.882. The fraction of sp³-hybridized carbons (Fsp3) is 0.278. The second-order valence-electron chi connectivity index (χ2n) is 5.05. The summed E-state index contributed by atoms with van der Waals surface area (Å²) in [6.45, 7) is 3.93. The zero-order valence-electron chi connectivity index (χ0n) is 13.1. The Bertz CT molecular complexity index is 622. The van der Waals surface area contributed by atoms with Crippen LogP contribution in [0.1, 0.15) is 18.9 Å². The van der Waals surface area contributed by atoms with E-state index in [4.69, 9.17) is 9.47 Å². The van der Waals surface area contributed by atoms with Crippen molar-refractivity contribution in [3.05, 3.63) is 54.1 Å². The van der Waals surface area contributed by atoms with Gasteiger partial charge in [-0.15, -0.1) is 0 Å². The van der Waals surface area contributed by atoms with E-state index in [1.807, 2.05) is 56.3 Å². The first-order chi connectivity index (χ1) is 10.6. The van der Waals surface area contributed by atoms with Gasteiger partial charge in [-0.25, -0.2) is 0 Å². The number of hydrogen-bond acceptors (Lipinski definition) is 3. The number of nitrogens with one attached hydrogen (secondary N) is 1. The Morgan fingerprint density at radius 1 is 1.14 bits per heavy atom. The molecule has 0 saturated heterocycles. The van der Waals surface area contributed by atoms with Crippen LogP contribution in [0.15, 0.2) is 48.5 Å². The maximum Gasteiger partial charge on any atom is 0.265 e. The van der Waals surface area contributed by atoms with E-state index >= 15 is 0 Å². The smallest absolute Gasteiger partial charge is 0.265 e. The lowest BCUT2D eigenvalue weighted by Crippen LogP contribution is -2.32. The minimum Gasteiger partial charge on any atom is -0.497 e. The summed E-state index contributed by atoms with van der Waals surface area (Å²) in [5.74, 6) is 1.22. The predicted octanol–water partition coefficient (Wildman–Crippen LogP) is 3.80. The van der Waals surface area contributed by atoms with Crippen LogP contribution in [0.3, 0.4) is 0 Å². The molecule has 22 heavy (non-hydrogen) atoms. The summed E-state index contributed by atoms with van der Waals surface area (Å²) in [6.07, 6.45) is 0.0536. The van der Waals surface area contributed by atoms with Gasteiger partial charge in [0.15, 0.2) is 6.10 Å². The van der Waals surface area contributed by atoms with Crippen LogP contribution in [-0.2, 0) is 4.79 Å². The van der Waals surface area contributed by atoms with Crippen molar-refractivity contribution < 1.29 is 14.3 Å². The third kappa shape index (κ3) is 4.25. The third-order valence-corrected chi connectivity index (χ3v) is 3.30. The Morgan fingerprint density at radius 2 is 1.86 bits per heavy atom. The number of carbonyl (C=O) groups excluding carboxylic acids is 1. The molecular weight excluding hydrogens is 278 g/mol. The number of rotatable bonds is 6. The summed E-state index contributed by atoms with van der Waals surface area (Å²) in [7, 11) is 1.59. The molecule has 0 aliphatic carbocycles. The minimum absolute atomic E-state index is 0.170. The molecule has 1 atom stereocenters. The Balaban J connectivity index is 2.03. The number of aryl methyl sites for hydroxylation is 1. The molecule has 0 saturated carbocycles. The molecular formula is C18H21NO3. The van der Waals surface area contributed by atoms with Gasteiger partial charge in [0.1, 0.15) is 11.5 Å². The molecule has 0 unspecified atom stereocenters. The van der Waals surface area contributed by atoms with Gasteiger partial charge in [0.2, 0.25) is 0 Å². The second kappa shape index (κ2) is 7.50. The van der Waals surface area contributed by atoms with Gasteiger partial charge in [0, 0.05) is 11.8 Å². The van der Waals surface area contributed by atoms with Crippen LogP contribution < -0.4 is 14.8 Å². The lowest BCUT2D eigenvalue weighted by atomic mass is 10.2. The van der Waals surface area contributed by atoms with Crippen LogP contribution in [0.4, 0.5) is 5.69 Å². The van der Waals surface area contributed by atoms with Crippen LogP contribution in [0.25, 0.3) is 0 Å². The molecule has 0 heterocycles. The highest BCUT2D eigenvalue weighted by molar-refractivity contribution is 5.94. The molecule has 0 fully saturated rings. The summed E-state index contributed by atoms with van der Waals surface area (Å²) in [5, 5.41) is 2.86. The first-order valence-electron chi connectivity index (χ1n) is 7.30. The maximum atomic E-state index is 12.3. The first-order valence-corrected chi connectivity index (χ1v) is 7.30. The summed E-state index contributed by atoms with van der Waals surface area (Å²) >= 11 is 0. The molecule has 4 nitrogen and oxygen atoms in total. The molecule has 116 valence electrons. The second-order valence-corrected chi connectivity index (χ2v) is 5.05. The van der Waals surface area contributed by atoms with Gasteiger partial charge in [-0.1, -0.05) is 30.7 Å². The highest BCUT2D eigenvalue weighted by Crippen LogP contribution is 2.19. The lowest BCUT2D eigenvalue weighted by Gasteiger charge is -2.17. The first kappa shape index (κ1) is 15.9. The number of benzene rings is 2. The molecule has 0 aromatic heterocycles. The monoisotopic (exact) mass is 299 g/mol. The van der Waals surface area contributed by atoms with E-state index < -0.39 is 6.10 Å². The van der Waals surface area contributed by atoms with E-state index in [9.17, 15) is 4.79 Å². The van der Waals surface area contributed by atoms with Crippen molar-refractivity contribution in [3.8, 4) is 11.5 Å². The number of anilines is 1. The van der Waals surface area contributed by atoms with Crippen molar-refractivity contribution in [2.24, 2.45) is 0 Å². The van der Waals surface area contributed by atoms with Crippen molar-refractivity contribution >= 4 is 11.6 Å². The van der Waals surface area contributed by atoms with Crippen molar-refractivity contribution in [2.45, 2.75) is 26.4 Å². The van der Waals surface area contributed by atoms with Gasteiger partial charge in [0.05, 0.1) is 7.11 Å². The summed E-state index contributed by atoms with van der Waals surface area (Å²) in [5.41, 5.74) is 1.84. The van der Waals surface area contributed by atoms with E-state index in [0.29, 0.717) is 23.6 Å². The van der Waals surface area contributed by atoms with Gasteiger partial charge in [0.25, 0.3) is 5.91 Å². The Labute approximate surface area is 131 Å². The number of amides is 1. The van der Waals surface area contributed by atoms with E-state index in [1.54, 1.807) is 13.2 Å². The fourth-order valence-corrected chi connectivity index (χ4v) is 2.03. The molecule has 2 rings (SSSR count). The molecule has 2 aromatic carbocycles. The van der Waals surface area contributed by atoms with Crippen LogP contribution >= 0.6 is 0 Å². The molecule has 2 aromatic rings. The summed E-state index contributed by atoms with van der Waals surface area (Å²) < 4.78 is 10.9. The number of methoxy groups -OCH3 is 1. The molecule has 0 radical (unpaired) electrons. The van der Waals surface area contributed by atoms with Crippen molar-refractivity contribution in [2.75, 3.05) is 12.4 Å². The van der Waals surface area contributed by atoms with E-state index in [1.165, 1.54) is 0 Å². The number of hydrogen-bond donors (Lipinski definition) is 1. The zero-order valence-corrected chi connectivity index (χ0v) is 13.1. The van der Waals surface area contributed by atoms with Crippen LogP contribution in [0.5, 0.6) is 11.5 Å². The number of carbonyl (C=O) groups is 1. The van der Waals surface area contributed by atoms with Gasteiger partial charge in [-0.05, 0) is 37.6 Å². The third-order valence-electron chi connectivity index (χ3n) is 3.30. The van der Waals surface area contributed by atoms with Gasteiger partial charge in [-0.3, -0.25) is 4.79 Å². The van der Waals surface area contributed by atoms with Gasteiger partial charge >= 0.3 is 0 Å². The average Bonchev–Trinajstić information content (AvgIpc) is 2.54. The Kier molecular flexibility index (Phi) is 5.42. The lowest BCUT2D eigenvalue weighted by molar-refractivity contribution is -0.122. The summed E-state index contributed by atoms with van der Waals surface area (Å²) in [6, 6.07) is 14.9. The largest absolute Gasteiger partial charge is 0.497 e. The Morgan fingerprint density at radius 3 is 2.50 bits per heavy atom. The summed E-state index contributed by atoms with van der Waals surface area (Å²) in [4.78, 5) is 12.3. The normalized spacial score (nSPS) is 11.6. The van der Waals surface area contributed by atoms with E-state index in [-0.39, 0.29) is 5.91 Å². The minimum atomic E-state index is -0.533. The molecule has 0 bridgehead atoms. The van der Waals surface area contributed by atoms with E-state index in [0.717, 1.165) is 5.56 Å². The van der Waals surface area contributed by atoms with Crippen LogP contribution in [0.2, 0.25) is 0 Å². The molecule has 0 aliphatic heterocycles. The fourth-order valence-electron chi connectivity index (χ4n) is 2.03. The average molecular weight is 299 g/mol. The molecule has 1 N–H and O–H groups in total. The van der Waals surface area contributed by atoms with Crippen LogP contribution in [-0.4, -0.2) is 19.1 Å². The maximum absolute atomic E-state index is 12.3. The SMILES string of the molecule is CC[C@H](Oc1ccc(C)cc1)C(=O)Nc1cccc(OC)c1. The highest BCUT2D eigenvalue weighted by Gasteiger charge is 2.18. The van der Waals surface area contributed by atoms with Crippen molar-refractivity contribution in [1.82, 2.24) is 0 Å². The molecule has 0 spiro atoms. The van der Waals surface area contributed by atoms with Gasteiger partial charge < -0.3 is 14.8 Å². The predicted molar refractivity (Wildman–Crippen MR) is 87.5 cm³/mol. The highest BCUT2D eigenvalue weighted by atomic mass is 16.5. The van der Waals surface area contributed by atoms with Gasteiger partial charge in [-0.2, -0.15) is 0 Å². The standard InChI is InChI=1S/C18H21NO3/c1-4-17(22-15-10-8-13(2)9-11-15)18(20)19-14-6-5-7-16(12-14)21-3/h5-12,17H,4H2,1-3H3,(H,19,20)/t17-/m0/s1. The molecule has 4 heteroatoms. The Hall–Kier alpha value is -2.49. The zero-order chi connectivity index (χ0) is 15.9. The van der Waals surface area contributed by atoms with Crippen molar-refractivity contribution in [3.63, 3.8) is 0 Å². The van der Waals surface area contributed by atoms with Crippen LogP contribution in [0, 0.1) is 6.92 Å². The molecule has 1 amide bonds. The molecule has 0 aliphatic rings.